The maximum absolute atomic E-state index is 12.8. The highest BCUT2D eigenvalue weighted by Crippen LogP contribution is 2.42. The lowest BCUT2D eigenvalue weighted by Crippen LogP contribution is -2.39. The molecule has 0 spiro atoms. The molecule has 0 aliphatic carbocycles. The summed E-state index contributed by atoms with van der Waals surface area (Å²) in [4.78, 5) is 27.5. The zero-order chi connectivity index (χ0) is 19.1. The summed E-state index contributed by atoms with van der Waals surface area (Å²) in [5, 5.41) is 7.94. The van der Waals surface area contributed by atoms with Crippen LogP contribution in [0.1, 0.15) is 39.5 Å². The number of anilines is 1. The minimum absolute atomic E-state index is 0.146. The van der Waals surface area contributed by atoms with Gasteiger partial charge >= 0.3 is 6.09 Å². The molecule has 1 aromatic heterocycles. The summed E-state index contributed by atoms with van der Waals surface area (Å²) in [6.07, 6.45) is -0.162. The minimum Gasteiger partial charge on any atom is -0.450 e. The first-order valence-electron chi connectivity index (χ1n) is 8.57. The Morgan fingerprint density at radius 1 is 1.37 bits per heavy atom. The third-order valence-electron chi connectivity index (χ3n) is 4.65. The Morgan fingerprint density at radius 2 is 2.19 bits per heavy atom. The highest BCUT2D eigenvalue weighted by Gasteiger charge is 2.35. The molecule has 0 bridgehead atoms. The van der Waals surface area contributed by atoms with Crippen molar-refractivity contribution < 1.29 is 14.3 Å². The molecule has 9 heteroatoms. The van der Waals surface area contributed by atoms with Gasteiger partial charge in [-0.1, -0.05) is 35.3 Å². The maximum atomic E-state index is 12.8. The number of carbonyl (C=O) groups is 2. The number of benzene rings is 1. The predicted molar refractivity (Wildman–Crippen MR) is 106 cm³/mol. The third kappa shape index (κ3) is 3.24. The molecule has 6 nitrogen and oxygen atoms in total. The summed E-state index contributed by atoms with van der Waals surface area (Å²) in [6, 6.07) is 5.33. The minimum atomic E-state index is -0.461. The molecule has 0 radical (unpaired) electrons. The summed E-state index contributed by atoms with van der Waals surface area (Å²) in [5.41, 5.74) is 2.37. The molecule has 2 aliphatic heterocycles. The van der Waals surface area contributed by atoms with Crippen LogP contribution in [0.2, 0.25) is 10.0 Å². The van der Waals surface area contributed by atoms with Crippen LogP contribution < -0.4 is 10.6 Å². The fourth-order valence-corrected chi connectivity index (χ4v) is 5.09. The average molecular weight is 426 g/mol. The second-order valence-corrected chi connectivity index (χ2v) is 8.16. The Morgan fingerprint density at radius 3 is 2.96 bits per heavy atom. The normalized spacial score (nSPS) is 18.3. The van der Waals surface area contributed by atoms with E-state index in [1.54, 1.807) is 24.0 Å². The summed E-state index contributed by atoms with van der Waals surface area (Å²) in [6.45, 7) is 3.11. The Kier molecular flexibility index (Phi) is 4.92. The molecule has 1 atom stereocenters. The number of halogens is 2. The smallest absolute Gasteiger partial charge is 0.410 e. The van der Waals surface area contributed by atoms with Gasteiger partial charge in [-0.15, -0.1) is 11.3 Å². The quantitative estimate of drug-likeness (QED) is 0.746. The number of nitrogens with one attached hydrogen (secondary N) is 2. The molecule has 27 heavy (non-hydrogen) atoms. The monoisotopic (exact) mass is 425 g/mol. The summed E-state index contributed by atoms with van der Waals surface area (Å²) >= 11 is 13.9. The Bertz CT molecular complexity index is 931. The lowest BCUT2D eigenvalue weighted by Gasteiger charge is -2.28. The number of hydrogen-bond acceptors (Lipinski definition) is 5. The number of fused-ring (bicyclic) bond motifs is 3. The summed E-state index contributed by atoms with van der Waals surface area (Å²) < 4.78 is 5.09. The van der Waals surface area contributed by atoms with Crippen molar-refractivity contribution in [1.82, 2.24) is 10.2 Å². The molecule has 2 amide bonds. The van der Waals surface area contributed by atoms with Gasteiger partial charge in [-0.2, -0.15) is 0 Å². The fourth-order valence-electron chi connectivity index (χ4n) is 3.39. The van der Waals surface area contributed by atoms with Gasteiger partial charge in [0.25, 0.3) is 5.91 Å². The van der Waals surface area contributed by atoms with E-state index >= 15 is 0 Å². The van der Waals surface area contributed by atoms with Crippen molar-refractivity contribution in [2.45, 2.75) is 26.1 Å². The van der Waals surface area contributed by atoms with Crippen LogP contribution >= 0.6 is 34.5 Å². The Labute approximate surface area is 170 Å². The van der Waals surface area contributed by atoms with E-state index in [4.69, 9.17) is 27.9 Å². The first-order chi connectivity index (χ1) is 13.0. The molecule has 0 fully saturated rings. The van der Waals surface area contributed by atoms with Gasteiger partial charge in [0.2, 0.25) is 0 Å². The molecule has 1 aromatic carbocycles. The molecule has 0 saturated heterocycles. The summed E-state index contributed by atoms with van der Waals surface area (Å²) in [5.74, 6) is -0.146. The van der Waals surface area contributed by atoms with Crippen LogP contribution in [0.25, 0.3) is 0 Å². The topological polar surface area (TPSA) is 70.7 Å². The van der Waals surface area contributed by atoms with Crippen LogP contribution in [0.15, 0.2) is 18.2 Å². The number of nitrogens with zero attached hydrogens (tertiary/aromatic N) is 1. The van der Waals surface area contributed by atoms with Crippen LogP contribution in [0, 0.1) is 0 Å². The molecule has 2 aliphatic rings. The highest BCUT2D eigenvalue weighted by molar-refractivity contribution is 7.16. The predicted octanol–water partition coefficient (Wildman–Crippen LogP) is 4.42. The lowest BCUT2D eigenvalue weighted by atomic mass is 10.0. The van der Waals surface area contributed by atoms with Gasteiger partial charge in [0, 0.05) is 17.0 Å². The van der Waals surface area contributed by atoms with E-state index in [1.807, 2.05) is 6.07 Å². The molecule has 142 valence electrons. The molecular weight excluding hydrogens is 409 g/mol. The van der Waals surface area contributed by atoms with Crippen molar-refractivity contribution in [2.24, 2.45) is 0 Å². The molecule has 0 saturated carbocycles. The number of rotatable bonds is 2. The second kappa shape index (κ2) is 7.22. The van der Waals surface area contributed by atoms with Crippen LogP contribution in [0.3, 0.4) is 0 Å². The second-order valence-electron chi connectivity index (χ2n) is 6.27. The maximum Gasteiger partial charge on any atom is 0.410 e. The first kappa shape index (κ1) is 18.4. The third-order valence-corrected chi connectivity index (χ3v) is 6.63. The van der Waals surface area contributed by atoms with Gasteiger partial charge in [-0.3, -0.25) is 4.79 Å². The van der Waals surface area contributed by atoms with Crippen LogP contribution in [-0.4, -0.2) is 30.1 Å². The van der Waals surface area contributed by atoms with Crippen molar-refractivity contribution in [3.05, 3.63) is 49.8 Å². The van der Waals surface area contributed by atoms with Crippen molar-refractivity contribution >= 4 is 51.5 Å². The fraction of sp³-hybridized carbons (Fsp3) is 0.333. The summed E-state index contributed by atoms with van der Waals surface area (Å²) in [7, 11) is 0. The van der Waals surface area contributed by atoms with E-state index in [0.29, 0.717) is 47.3 Å². The largest absolute Gasteiger partial charge is 0.450 e. The van der Waals surface area contributed by atoms with E-state index in [-0.39, 0.29) is 12.0 Å². The zero-order valence-electron chi connectivity index (χ0n) is 14.5. The average Bonchev–Trinajstić information content (AvgIpc) is 3.02. The number of ether oxygens (including phenoxy) is 1. The van der Waals surface area contributed by atoms with Gasteiger partial charge in [0.15, 0.2) is 0 Å². The molecule has 2 aromatic rings. The standard InChI is InChI=1S/C18H17Cl2N3O3S/c1-2-26-18(25)23-7-6-9-12(8-23)27-17-13(9)16(24)21-15(22-17)10-4-3-5-11(19)14(10)20/h3-5,15,22H,2,6-8H2,1H3,(H,21,24)/t15-/m1/s1. The van der Waals surface area contributed by atoms with Gasteiger partial charge in [0.1, 0.15) is 11.2 Å². The lowest BCUT2D eigenvalue weighted by molar-refractivity contribution is 0.0934. The first-order valence-corrected chi connectivity index (χ1v) is 10.1. The van der Waals surface area contributed by atoms with E-state index in [2.05, 4.69) is 10.6 Å². The molecule has 0 unspecified atom stereocenters. The number of carbonyl (C=O) groups excluding carboxylic acids is 2. The van der Waals surface area contributed by atoms with Crippen molar-refractivity contribution in [1.29, 1.82) is 0 Å². The van der Waals surface area contributed by atoms with Gasteiger partial charge in [-0.05, 0) is 25.0 Å². The number of amides is 2. The molecular formula is C18H17Cl2N3O3S. The Hall–Kier alpha value is -1.96. The van der Waals surface area contributed by atoms with Crippen molar-refractivity contribution in [2.75, 3.05) is 18.5 Å². The number of thiophene rings is 1. The number of hydrogen-bond donors (Lipinski definition) is 2. The molecule has 4 rings (SSSR count). The van der Waals surface area contributed by atoms with Crippen LogP contribution in [0.5, 0.6) is 0 Å². The van der Waals surface area contributed by atoms with E-state index in [9.17, 15) is 9.59 Å². The highest BCUT2D eigenvalue weighted by atomic mass is 35.5. The Balaban J connectivity index is 1.63. The van der Waals surface area contributed by atoms with E-state index in [1.165, 1.54) is 11.3 Å². The molecule has 2 N–H and O–H groups in total. The van der Waals surface area contributed by atoms with Gasteiger partial charge < -0.3 is 20.3 Å². The van der Waals surface area contributed by atoms with Crippen LogP contribution in [-0.2, 0) is 17.7 Å². The SMILES string of the molecule is CCOC(=O)N1CCc2c(sc3c2C(=O)N[C@@H](c2cccc(Cl)c2Cl)N3)C1. The van der Waals surface area contributed by atoms with Gasteiger partial charge in [0.05, 0.1) is 28.8 Å². The molecule has 3 heterocycles. The van der Waals surface area contributed by atoms with Crippen molar-refractivity contribution in [3.8, 4) is 0 Å². The van der Waals surface area contributed by atoms with Crippen LogP contribution in [0.4, 0.5) is 9.80 Å². The van der Waals surface area contributed by atoms with E-state index in [0.717, 1.165) is 15.4 Å². The van der Waals surface area contributed by atoms with Gasteiger partial charge in [-0.25, -0.2) is 4.79 Å². The van der Waals surface area contributed by atoms with E-state index < -0.39 is 6.17 Å². The zero-order valence-corrected chi connectivity index (χ0v) is 16.8. The van der Waals surface area contributed by atoms with Crippen molar-refractivity contribution in [3.63, 3.8) is 0 Å².